The number of aliphatic hydroxyl groups excluding tert-OH is 9. The first-order valence-corrected chi connectivity index (χ1v) is 28.2. The molecule has 13 N–H and O–H groups in total. The number of carbonyl (C=O) groups excluding carboxylic acids is 2. The second-order valence-corrected chi connectivity index (χ2v) is 22.3. The van der Waals surface area contributed by atoms with E-state index < -0.39 is 154 Å². The molecule has 5 rings (SSSR count). The highest BCUT2D eigenvalue weighted by Gasteiger charge is 2.51. The number of hydrogen-bond acceptors (Lipinski definition) is 20. The number of allylic oxidation sites excluding steroid dienone is 12. The molecule has 4 aliphatic heterocycles. The average molecular weight is 1140 g/mol. The standard InChI is InChI=1S/C59H90BN3O18/c1-36-19-17-15-13-11-9-7-8-10-12-14-16-18-20-45(80-58-56(73)53(55(72)39(4)79-58)62-34-40-21-22-41-35-77-60(76)46(41)27-40)31-50-52(57(74)61-25-26-63(5)6)49(69)33-59(75,81-50)32-44(66)29-48(68)47(67)24-23-42(64)28-43(65)30-51(70)78-38(3)37(2)54(36)71/h7-22,27,36-39,42-45,47-50,52-56,58,62,64-69,71-73,75-76H,23-26,28-35H2,1-6H3,(H,61,74)/t36-,37-,38-,39+,42+,43+,44-,45-,47+,48+,49-,50-,52+,53-,54+,55+,56-,58-,59+/m0/s1. The van der Waals surface area contributed by atoms with Crippen LogP contribution in [0.4, 0.5) is 0 Å². The van der Waals surface area contributed by atoms with Gasteiger partial charge in [0, 0.05) is 57.2 Å². The first-order chi connectivity index (χ1) is 38.4. The molecule has 19 atom stereocenters. The summed E-state index contributed by atoms with van der Waals surface area (Å²) in [5, 5.41) is 129. The lowest BCUT2D eigenvalue weighted by Gasteiger charge is -2.46. The Labute approximate surface area is 476 Å². The van der Waals surface area contributed by atoms with Crippen molar-refractivity contribution in [2.24, 2.45) is 17.8 Å². The number of ether oxygens (including phenoxy) is 4. The molecule has 2 bridgehead atoms. The lowest BCUT2D eigenvalue weighted by atomic mass is 9.79. The zero-order valence-corrected chi connectivity index (χ0v) is 47.5. The molecule has 2 fully saturated rings. The minimum absolute atomic E-state index is 0.103. The van der Waals surface area contributed by atoms with Gasteiger partial charge in [-0.25, -0.2) is 0 Å². The number of nitrogens with one attached hydrogen (secondary N) is 2. The number of esters is 1. The number of nitrogens with zero attached hydrogens (tertiary/aromatic N) is 1. The molecule has 2 saturated heterocycles. The van der Waals surface area contributed by atoms with E-state index in [1.54, 1.807) is 69.4 Å². The molecule has 4 aliphatic rings. The minimum Gasteiger partial charge on any atom is -0.462 e. The zero-order valence-electron chi connectivity index (χ0n) is 47.5. The first-order valence-electron chi connectivity index (χ1n) is 28.2. The highest BCUT2D eigenvalue weighted by atomic mass is 16.7. The Balaban J connectivity index is 1.41. The van der Waals surface area contributed by atoms with Crippen LogP contribution in [0.1, 0.15) is 90.2 Å². The summed E-state index contributed by atoms with van der Waals surface area (Å²) in [5.74, 6) is -5.66. The minimum atomic E-state index is -2.30. The third-order valence-electron chi connectivity index (χ3n) is 15.3. The summed E-state index contributed by atoms with van der Waals surface area (Å²) in [5.41, 5.74) is 2.22. The number of hydrogen-bond donors (Lipinski definition) is 13. The monoisotopic (exact) mass is 1140 g/mol. The third-order valence-corrected chi connectivity index (χ3v) is 15.3. The van der Waals surface area contributed by atoms with E-state index in [1.165, 1.54) is 0 Å². The maximum Gasteiger partial charge on any atom is 0.491 e. The van der Waals surface area contributed by atoms with Gasteiger partial charge in [-0.15, -0.1) is 0 Å². The Morgan fingerprint density at radius 1 is 0.741 bits per heavy atom. The first kappa shape index (κ1) is 67.5. The Kier molecular flexibility index (Phi) is 27.7. The molecule has 22 heteroatoms. The average Bonchev–Trinajstić information content (AvgIpc) is 3.80. The van der Waals surface area contributed by atoms with Crippen molar-refractivity contribution in [3.63, 3.8) is 0 Å². The highest BCUT2D eigenvalue weighted by Crippen LogP contribution is 2.38. The van der Waals surface area contributed by atoms with Gasteiger partial charge in [-0.2, -0.15) is 0 Å². The molecule has 1 aromatic carbocycles. The number of carbonyl (C=O) groups is 2. The number of amides is 1. The molecule has 4 heterocycles. The number of fused-ring (bicyclic) bond motifs is 3. The summed E-state index contributed by atoms with van der Waals surface area (Å²) < 4.78 is 29.8. The Hall–Kier alpha value is -4.28. The highest BCUT2D eigenvalue weighted by molar-refractivity contribution is 6.61. The third kappa shape index (κ3) is 21.7. The van der Waals surface area contributed by atoms with E-state index in [9.17, 15) is 65.7 Å². The van der Waals surface area contributed by atoms with Crippen LogP contribution in [0.25, 0.3) is 0 Å². The van der Waals surface area contributed by atoms with Crippen LogP contribution in [0.3, 0.4) is 0 Å². The fourth-order valence-corrected chi connectivity index (χ4v) is 10.3. The number of likely N-dealkylation sites (N-methyl/N-ethyl adjacent to an activating group) is 1. The summed E-state index contributed by atoms with van der Waals surface area (Å²) in [6.07, 6.45) is 4.55. The lowest BCUT2D eigenvalue weighted by molar-refractivity contribution is -0.308. The molecule has 452 valence electrons. The van der Waals surface area contributed by atoms with Crippen molar-refractivity contribution in [3.8, 4) is 0 Å². The summed E-state index contributed by atoms with van der Waals surface area (Å²) in [4.78, 5) is 28.6. The van der Waals surface area contributed by atoms with Gasteiger partial charge < -0.3 is 95.2 Å². The van der Waals surface area contributed by atoms with E-state index in [0.717, 1.165) is 11.1 Å². The van der Waals surface area contributed by atoms with Crippen LogP contribution in [0.15, 0.2) is 103 Å². The number of rotatable bonds is 9. The van der Waals surface area contributed by atoms with Gasteiger partial charge in [0.25, 0.3) is 0 Å². The molecular formula is C59H90BN3O18. The van der Waals surface area contributed by atoms with Gasteiger partial charge in [0.15, 0.2) is 12.1 Å². The second kappa shape index (κ2) is 33.3. The van der Waals surface area contributed by atoms with E-state index in [2.05, 4.69) is 10.6 Å². The van der Waals surface area contributed by atoms with Crippen LogP contribution < -0.4 is 16.1 Å². The van der Waals surface area contributed by atoms with Crippen LogP contribution in [0.2, 0.25) is 0 Å². The summed E-state index contributed by atoms with van der Waals surface area (Å²) in [6.45, 7) is 7.98. The van der Waals surface area contributed by atoms with Gasteiger partial charge in [-0.05, 0) is 63.8 Å². The predicted octanol–water partition coefficient (Wildman–Crippen LogP) is 0.354. The lowest BCUT2D eigenvalue weighted by Crippen LogP contribution is -2.63. The molecule has 0 aromatic heterocycles. The molecule has 81 heavy (non-hydrogen) atoms. The van der Waals surface area contributed by atoms with Gasteiger partial charge in [0.2, 0.25) is 5.91 Å². The van der Waals surface area contributed by atoms with Crippen molar-refractivity contribution in [2.75, 3.05) is 27.2 Å². The van der Waals surface area contributed by atoms with Crippen molar-refractivity contribution in [1.29, 1.82) is 0 Å². The summed E-state index contributed by atoms with van der Waals surface area (Å²) in [6, 6.07) is 4.49. The smallest absolute Gasteiger partial charge is 0.462 e. The SMILES string of the molecule is C[C@@H]1[C@H](O)[C@@H](C)C=CC=CC=CC=CC=CC=CC=C[C@H](O[C@@H]2O[C@H](C)[C@@H](O)[C@H](NCc3ccc4c(c3)B(O)OC4)[C@@H]2O)C[C@@H]2O[C@](O)(C[C@@H](O)C[C@@H](O)[C@H](O)CC[C@@H](O)C[C@@H](O)CC(=O)O[C@H]1C)C[C@H](O)[C@H]2C(=O)NCCN(C)C. The fourth-order valence-electron chi connectivity index (χ4n) is 10.3. The van der Waals surface area contributed by atoms with Gasteiger partial charge in [-0.3, -0.25) is 9.59 Å². The van der Waals surface area contributed by atoms with Crippen molar-refractivity contribution >= 4 is 24.5 Å². The quantitative estimate of drug-likeness (QED) is 0.117. The van der Waals surface area contributed by atoms with E-state index in [4.69, 9.17) is 23.6 Å². The van der Waals surface area contributed by atoms with Crippen molar-refractivity contribution < 1.29 is 89.3 Å². The summed E-state index contributed by atoms with van der Waals surface area (Å²) in [7, 11) is 2.58. The summed E-state index contributed by atoms with van der Waals surface area (Å²) >= 11 is 0. The Bertz CT molecular complexity index is 2320. The molecule has 0 aliphatic carbocycles. The van der Waals surface area contributed by atoms with Gasteiger partial charge in [0.1, 0.15) is 12.2 Å². The zero-order chi connectivity index (χ0) is 59.4. The molecule has 21 nitrogen and oxygen atoms in total. The van der Waals surface area contributed by atoms with Crippen molar-refractivity contribution in [2.45, 2.75) is 190 Å². The van der Waals surface area contributed by atoms with E-state index in [1.807, 2.05) is 80.6 Å². The number of benzene rings is 1. The van der Waals surface area contributed by atoms with E-state index in [0.29, 0.717) is 12.0 Å². The van der Waals surface area contributed by atoms with E-state index >= 15 is 0 Å². The molecule has 1 aromatic rings. The van der Waals surface area contributed by atoms with Crippen LogP contribution in [-0.2, 0) is 46.3 Å². The maximum absolute atomic E-state index is 14.0. The number of cyclic esters (lactones) is 1. The largest absolute Gasteiger partial charge is 0.491 e. The van der Waals surface area contributed by atoms with Crippen LogP contribution in [0.5, 0.6) is 0 Å². The van der Waals surface area contributed by atoms with Crippen molar-refractivity contribution in [1.82, 2.24) is 15.5 Å². The van der Waals surface area contributed by atoms with E-state index in [-0.39, 0.29) is 51.3 Å². The maximum atomic E-state index is 14.0. The molecule has 0 unspecified atom stereocenters. The molecule has 0 radical (unpaired) electrons. The Morgan fingerprint density at radius 2 is 1.38 bits per heavy atom. The van der Waals surface area contributed by atoms with Gasteiger partial charge >= 0.3 is 13.1 Å². The second-order valence-electron chi connectivity index (χ2n) is 22.3. The predicted molar refractivity (Wildman–Crippen MR) is 302 cm³/mol. The molecule has 0 saturated carbocycles. The van der Waals surface area contributed by atoms with Crippen LogP contribution in [0, 0.1) is 17.8 Å². The van der Waals surface area contributed by atoms with Crippen LogP contribution >= 0.6 is 0 Å². The number of aliphatic hydroxyl groups is 10. The normalized spacial score (nSPS) is 36.8. The van der Waals surface area contributed by atoms with Gasteiger partial charge in [0.05, 0.1) is 92.1 Å². The van der Waals surface area contributed by atoms with Crippen molar-refractivity contribution in [3.05, 3.63) is 114 Å². The molecular weight excluding hydrogens is 1050 g/mol. The molecule has 0 spiro atoms. The molecule has 1 amide bonds. The van der Waals surface area contributed by atoms with Gasteiger partial charge in [-0.1, -0.05) is 117 Å². The fraction of sp³-hybridized carbons (Fsp3) is 0.627. The topological polar surface area (TPSA) is 330 Å². The van der Waals surface area contributed by atoms with Crippen LogP contribution in [-0.4, -0.2) is 205 Å². The Morgan fingerprint density at radius 3 is 2.04 bits per heavy atom.